The number of nitrogens with zero attached hydrogens (tertiary/aromatic N) is 4. The summed E-state index contributed by atoms with van der Waals surface area (Å²) >= 11 is 0. The van der Waals surface area contributed by atoms with Crippen molar-refractivity contribution in [2.45, 2.75) is 0 Å². The van der Waals surface area contributed by atoms with Crippen molar-refractivity contribution in [3.63, 3.8) is 0 Å². The fraction of sp³-hybridized carbons (Fsp3) is 0.750. The number of rotatable bonds is 8. The molecule has 2 saturated heterocycles. The predicted octanol–water partition coefficient (Wildman–Crippen LogP) is -1.89. The molecule has 0 radical (unpaired) electrons. The van der Waals surface area contributed by atoms with E-state index in [0.717, 1.165) is 32.1 Å². The Morgan fingerprint density at radius 3 is 2.46 bits per heavy atom. The van der Waals surface area contributed by atoms with E-state index in [1.807, 2.05) is 0 Å². The number of piperazine rings is 1. The van der Waals surface area contributed by atoms with Crippen LogP contribution in [0.2, 0.25) is 0 Å². The molecule has 0 bridgehead atoms. The van der Waals surface area contributed by atoms with Crippen molar-refractivity contribution in [2.24, 2.45) is 4.99 Å². The zero-order chi connectivity index (χ0) is 19.6. The van der Waals surface area contributed by atoms with E-state index in [9.17, 15) is 14.4 Å². The standard InChI is InChI=1S/C16H29N7O4.HI/c1-17-15(19-3-5-23-14(25)11-20-16(23)26)22-8-6-21(7-9-22)12-13(24)18-4-10-27-2;/h3-12H2,1-2H3,(H,17,19)(H,18,24)(H,20,26);1H. The summed E-state index contributed by atoms with van der Waals surface area (Å²) in [5, 5.41) is 8.50. The summed E-state index contributed by atoms with van der Waals surface area (Å²) in [5.74, 6) is 0.511. The molecule has 2 aliphatic heterocycles. The van der Waals surface area contributed by atoms with E-state index in [0.29, 0.717) is 32.8 Å². The van der Waals surface area contributed by atoms with E-state index in [-0.39, 0.29) is 48.4 Å². The molecule has 3 N–H and O–H groups in total. The van der Waals surface area contributed by atoms with Gasteiger partial charge in [0.1, 0.15) is 0 Å². The quantitative estimate of drug-likeness (QED) is 0.115. The van der Waals surface area contributed by atoms with Gasteiger partial charge in [0.15, 0.2) is 5.96 Å². The first kappa shape index (κ1) is 24.4. The number of halogens is 1. The zero-order valence-electron chi connectivity index (χ0n) is 16.4. The van der Waals surface area contributed by atoms with Gasteiger partial charge in [0.25, 0.3) is 0 Å². The third-order valence-corrected chi connectivity index (χ3v) is 4.43. The molecule has 2 aliphatic rings. The molecule has 160 valence electrons. The summed E-state index contributed by atoms with van der Waals surface area (Å²) in [7, 11) is 3.30. The first-order valence-electron chi connectivity index (χ1n) is 9.07. The molecule has 0 saturated carbocycles. The lowest BCUT2D eigenvalue weighted by Crippen LogP contribution is -2.54. The van der Waals surface area contributed by atoms with E-state index < -0.39 is 0 Å². The van der Waals surface area contributed by atoms with Crippen molar-refractivity contribution in [2.75, 3.05) is 79.7 Å². The van der Waals surface area contributed by atoms with E-state index in [2.05, 4.69) is 30.7 Å². The van der Waals surface area contributed by atoms with Crippen LogP contribution in [0.4, 0.5) is 4.79 Å². The minimum atomic E-state index is -0.353. The number of guanidine groups is 1. The monoisotopic (exact) mass is 511 g/mol. The van der Waals surface area contributed by atoms with Crippen LogP contribution in [-0.4, -0.2) is 118 Å². The van der Waals surface area contributed by atoms with Crippen LogP contribution in [0, 0.1) is 0 Å². The van der Waals surface area contributed by atoms with Crippen molar-refractivity contribution >= 4 is 47.8 Å². The van der Waals surface area contributed by atoms with Crippen LogP contribution in [0.25, 0.3) is 0 Å². The summed E-state index contributed by atoms with van der Waals surface area (Å²) in [6, 6.07) is -0.353. The Bertz CT molecular complexity index is 551. The van der Waals surface area contributed by atoms with Gasteiger partial charge in [0.05, 0.1) is 19.7 Å². The third-order valence-electron chi connectivity index (χ3n) is 4.43. The second-order valence-electron chi connectivity index (χ2n) is 6.28. The van der Waals surface area contributed by atoms with E-state index in [4.69, 9.17) is 4.74 Å². The molecule has 4 amide bonds. The minimum absolute atomic E-state index is 0. The number of carbonyl (C=O) groups excluding carboxylic acids is 3. The van der Waals surface area contributed by atoms with Crippen LogP contribution in [-0.2, 0) is 14.3 Å². The molecule has 0 spiro atoms. The Kier molecular flexibility index (Phi) is 11.1. The molecule has 0 aromatic carbocycles. The van der Waals surface area contributed by atoms with Crippen molar-refractivity contribution in [3.8, 4) is 0 Å². The molecule has 0 atom stereocenters. The molecule has 2 heterocycles. The van der Waals surface area contributed by atoms with Gasteiger partial charge in [0, 0.05) is 60.0 Å². The fourth-order valence-corrected chi connectivity index (χ4v) is 2.96. The highest BCUT2D eigenvalue weighted by Crippen LogP contribution is 2.02. The van der Waals surface area contributed by atoms with Gasteiger partial charge >= 0.3 is 6.03 Å². The lowest BCUT2D eigenvalue weighted by molar-refractivity contribution is -0.125. The Labute approximate surface area is 182 Å². The molecule has 28 heavy (non-hydrogen) atoms. The van der Waals surface area contributed by atoms with E-state index in [1.54, 1.807) is 14.2 Å². The molecule has 0 aromatic rings. The summed E-state index contributed by atoms with van der Waals surface area (Å²) in [6.07, 6.45) is 0. The second-order valence-corrected chi connectivity index (χ2v) is 6.28. The molecule has 0 unspecified atom stereocenters. The average Bonchev–Trinajstić information content (AvgIpc) is 2.98. The largest absolute Gasteiger partial charge is 0.383 e. The highest BCUT2D eigenvalue weighted by Gasteiger charge is 2.28. The molecular formula is C16H30IN7O4. The smallest absolute Gasteiger partial charge is 0.324 e. The van der Waals surface area contributed by atoms with Crippen LogP contribution < -0.4 is 16.0 Å². The molecular weight excluding hydrogens is 481 g/mol. The van der Waals surface area contributed by atoms with Crippen LogP contribution in [0.5, 0.6) is 0 Å². The van der Waals surface area contributed by atoms with Gasteiger partial charge in [-0.25, -0.2) is 4.79 Å². The van der Waals surface area contributed by atoms with Crippen molar-refractivity contribution in [1.29, 1.82) is 0 Å². The predicted molar refractivity (Wildman–Crippen MR) is 115 cm³/mol. The van der Waals surface area contributed by atoms with Gasteiger partial charge in [0.2, 0.25) is 11.8 Å². The van der Waals surface area contributed by atoms with Gasteiger partial charge in [-0.2, -0.15) is 0 Å². The maximum Gasteiger partial charge on any atom is 0.324 e. The number of ether oxygens (including phenoxy) is 1. The second kappa shape index (κ2) is 12.7. The number of hydrogen-bond acceptors (Lipinski definition) is 6. The normalized spacial score (nSPS) is 18.0. The average molecular weight is 511 g/mol. The summed E-state index contributed by atoms with van der Waals surface area (Å²) in [5.41, 5.74) is 0. The van der Waals surface area contributed by atoms with Crippen LogP contribution in [0.1, 0.15) is 0 Å². The molecule has 0 aromatic heterocycles. The zero-order valence-corrected chi connectivity index (χ0v) is 18.7. The number of urea groups is 1. The Morgan fingerprint density at radius 1 is 1.18 bits per heavy atom. The van der Waals surface area contributed by atoms with Crippen molar-refractivity contribution in [3.05, 3.63) is 0 Å². The molecule has 12 heteroatoms. The molecule has 0 aliphatic carbocycles. The first-order valence-corrected chi connectivity index (χ1v) is 9.07. The van der Waals surface area contributed by atoms with Crippen molar-refractivity contribution in [1.82, 2.24) is 30.7 Å². The number of aliphatic imine (C=N–C) groups is 1. The Morgan fingerprint density at radius 2 is 1.89 bits per heavy atom. The number of nitrogens with one attached hydrogen (secondary N) is 3. The number of methoxy groups -OCH3 is 1. The van der Waals surface area contributed by atoms with Crippen LogP contribution in [0.3, 0.4) is 0 Å². The van der Waals surface area contributed by atoms with Gasteiger partial charge in [-0.05, 0) is 0 Å². The third kappa shape index (κ3) is 7.39. The van der Waals surface area contributed by atoms with Gasteiger partial charge < -0.3 is 25.6 Å². The Hall–Kier alpha value is -1.67. The number of carbonyl (C=O) groups is 3. The maximum absolute atomic E-state index is 11.9. The van der Waals surface area contributed by atoms with Crippen LogP contribution >= 0.6 is 24.0 Å². The van der Waals surface area contributed by atoms with Crippen molar-refractivity contribution < 1.29 is 19.1 Å². The minimum Gasteiger partial charge on any atom is -0.383 e. The summed E-state index contributed by atoms with van der Waals surface area (Å²) in [6.45, 7) is 5.19. The SMILES string of the molecule is CN=C(NCCN1C(=O)CNC1=O)N1CCN(CC(=O)NCCOC)CC1.I. The van der Waals surface area contributed by atoms with Gasteiger partial charge in [-0.1, -0.05) is 0 Å². The molecule has 2 rings (SSSR count). The highest BCUT2D eigenvalue weighted by molar-refractivity contribution is 14.0. The maximum atomic E-state index is 11.9. The molecule has 2 fully saturated rings. The lowest BCUT2D eigenvalue weighted by Gasteiger charge is -2.36. The summed E-state index contributed by atoms with van der Waals surface area (Å²) < 4.78 is 4.91. The summed E-state index contributed by atoms with van der Waals surface area (Å²) in [4.78, 5) is 44.6. The van der Waals surface area contributed by atoms with E-state index >= 15 is 0 Å². The number of hydrogen-bond donors (Lipinski definition) is 3. The molecule has 11 nitrogen and oxygen atoms in total. The van der Waals surface area contributed by atoms with Gasteiger partial charge in [-0.15, -0.1) is 24.0 Å². The topological polar surface area (TPSA) is 119 Å². The van der Waals surface area contributed by atoms with Crippen LogP contribution in [0.15, 0.2) is 4.99 Å². The number of imide groups is 1. The Balaban J connectivity index is 0.00000392. The lowest BCUT2D eigenvalue weighted by atomic mass is 10.3. The highest BCUT2D eigenvalue weighted by atomic mass is 127. The van der Waals surface area contributed by atoms with E-state index in [1.165, 1.54) is 4.90 Å². The fourth-order valence-electron chi connectivity index (χ4n) is 2.96. The first-order chi connectivity index (χ1) is 13.0. The van der Waals surface area contributed by atoms with Gasteiger partial charge in [-0.3, -0.25) is 24.4 Å². The number of amides is 4.